The Kier molecular flexibility index (Phi) is 2.90. The number of hydrogen-bond acceptors (Lipinski definition) is 4. The molecule has 17 heavy (non-hydrogen) atoms. The van der Waals surface area contributed by atoms with Crippen molar-refractivity contribution in [2.45, 2.75) is 19.4 Å². The first-order valence-corrected chi connectivity index (χ1v) is 5.35. The Balaban J connectivity index is 2.33. The van der Waals surface area contributed by atoms with Crippen LogP contribution in [0.5, 0.6) is 11.5 Å². The highest BCUT2D eigenvalue weighted by molar-refractivity contribution is 5.97. The maximum Gasteiger partial charge on any atom is 0.163 e. The van der Waals surface area contributed by atoms with Crippen molar-refractivity contribution in [3.8, 4) is 11.5 Å². The van der Waals surface area contributed by atoms with E-state index in [1.54, 1.807) is 0 Å². The minimum absolute atomic E-state index is 0.0323. The van der Waals surface area contributed by atoms with Gasteiger partial charge in [-0.15, -0.1) is 0 Å². The minimum atomic E-state index is -0.281. The van der Waals surface area contributed by atoms with Crippen LogP contribution < -0.4 is 4.74 Å². The number of phenols is 1. The summed E-state index contributed by atoms with van der Waals surface area (Å²) in [5.41, 5.74) is 1.66. The molecule has 0 amide bonds. The zero-order chi connectivity index (χ0) is 12.6. The van der Waals surface area contributed by atoms with Crippen molar-refractivity contribution in [2.75, 3.05) is 6.61 Å². The molecule has 0 spiro atoms. The van der Waals surface area contributed by atoms with Gasteiger partial charge in [-0.25, -0.2) is 0 Å². The largest absolute Gasteiger partial charge is 0.507 e. The highest BCUT2D eigenvalue weighted by Gasteiger charge is 2.26. The van der Waals surface area contributed by atoms with Crippen molar-refractivity contribution in [3.05, 3.63) is 35.4 Å². The zero-order valence-electron chi connectivity index (χ0n) is 9.56. The van der Waals surface area contributed by atoms with Gasteiger partial charge in [-0.3, -0.25) is 4.79 Å². The molecule has 0 bridgehead atoms. The maximum atomic E-state index is 11.3. The number of hydrogen-bond donors (Lipinski definition) is 2. The van der Waals surface area contributed by atoms with Crippen LogP contribution in [0.3, 0.4) is 0 Å². The molecule has 1 atom stereocenters. The van der Waals surface area contributed by atoms with Gasteiger partial charge in [0.05, 0.1) is 12.2 Å². The molecule has 90 valence electrons. The third kappa shape index (κ3) is 2.03. The molecule has 1 aromatic rings. The number of benzene rings is 1. The topological polar surface area (TPSA) is 66.8 Å². The van der Waals surface area contributed by atoms with E-state index in [1.165, 1.54) is 19.1 Å². The van der Waals surface area contributed by atoms with E-state index in [0.717, 1.165) is 5.56 Å². The highest BCUT2D eigenvalue weighted by atomic mass is 16.5. The van der Waals surface area contributed by atoms with Crippen LogP contribution in [0.25, 0.3) is 0 Å². The molecule has 0 fully saturated rings. The SMILES string of the molecule is C=C(CO)[C@@H]1Cc2cc(O)c(C(C)=O)cc2O1. The Morgan fingerprint density at radius 3 is 2.88 bits per heavy atom. The van der Waals surface area contributed by atoms with E-state index in [-0.39, 0.29) is 29.8 Å². The molecule has 0 saturated carbocycles. The average Bonchev–Trinajstić information content (AvgIpc) is 2.69. The molecule has 0 aromatic heterocycles. The number of ketones is 1. The number of fused-ring (bicyclic) bond motifs is 1. The fraction of sp³-hybridized carbons (Fsp3) is 0.308. The molecule has 0 saturated heterocycles. The van der Waals surface area contributed by atoms with E-state index in [4.69, 9.17) is 9.84 Å². The number of ether oxygens (including phenoxy) is 1. The average molecular weight is 234 g/mol. The van der Waals surface area contributed by atoms with Gasteiger partial charge < -0.3 is 14.9 Å². The molecular weight excluding hydrogens is 220 g/mol. The summed E-state index contributed by atoms with van der Waals surface area (Å²) in [7, 11) is 0. The van der Waals surface area contributed by atoms with Crippen molar-refractivity contribution >= 4 is 5.78 Å². The predicted molar refractivity (Wildman–Crippen MR) is 62.5 cm³/mol. The lowest BCUT2D eigenvalue weighted by molar-refractivity contribution is 0.101. The van der Waals surface area contributed by atoms with Crippen LogP contribution in [0, 0.1) is 0 Å². The van der Waals surface area contributed by atoms with Gasteiger partial charge in [0, 0.05) is 12.0 Å². The van der Waals surface area contributed by atoms with E-state index in [9.17, 15) is 9.90 Å². The summed E-state index contributed by atoms with van der Waals surface area (Å²) in [6, 6.07) is 3.08. The van der Waals surface area contributed by atoms with Crippen molar-refractivity contribution in [1.29, 1.82) is 0 Å². The van der Waals surface area contributed by atoms with Crippen molar-refractivity contribution in [1.82, 2.24) is 0 Å². The summed E-state index contributed by atoms with van der Waals surface area (Å²) in [6.45, 7) is 4.97. The van der Waals surface area contributed by atoms with Gasteiger partial charge in [-0.1, -0.05) is 6.58 Å². The molecule has 1 aliphatic rings. The van der Waals surface area contributed by atoms with Crippen LogP contribution in [-0.2, 0) is 6.42 Å². The van der Waals surface area contributed by atoms with Gasteiger partial charge in [-0.05, 0) is 24.6 Å². The molecule has 1 aromatic carbocycles. The Labute approximate surface area is 99.2 Å². The number of Topliss-reactive ketones (excluding diaryl/α,β-unsaturated/α-hetero) is 1. The molecule has 2 N–H and O–H groups in total. The first-order valence-electron chi connectivity index (χ1n) is 5.35. The quantitative estimate of drug-likeness (QED) is 0.613. The Morgan fingerprint density at radius 1 is 1.59 bits per heavy atom. The predicted octanol–water partition coefficient (Wildman–Crippen LogP) is 1.45. The number of phenolic OH excluding ortho intramolecular Hbond substituents is 1. The molecule has 0 radical (unpaired) electrons. The second-order valence-electron chi connectivity index (χ2n) is 4.16. The third-order valence-electron chi connectivity index (χ3n) is 2.89. The number of rotatable bonds is 3. The summed E-state index contributed by atoms with van der Waals surface area (Å²) in [4.78, 5) is 11.3. The van der Waals surface area contributed by atoms with E-state index in [1.807, 2.05) is 0 Å². The number of carbonyl (C=O) groups excluding carboxylic acids is 1. The lowest BCUT2D eigenvalue weighted by Gasteiger charge is -2.11. The molecule has 0 aliphatic carbocycles. The first-order chi connectivity index (χ1) is 8.02. The van der Waals surface area contributed by atoms with Gasteiger partial charge in [0.25, 0.3) is 0 Å². The number of aromatic hydroxyl groups is 1. The van der Waals surface area contributed by atoms with Gasteiger partial charge in [-0.2, -0.15) is 0 Å². The van der Waals surface area contributed by atoms with E-state index in [0.29, 0.717) is 17.7 Å². The monoisotopic (exact) mass is 234 g/mol. The summed E-state index contributed by atoms with van der Waals surface area (Å²) < 4.78 is 5.58. The van der Waals surface area contributed by atoms with Crippen LogP contribution in [0.1, 0.15) is 22.8 Å². The first kappa shape index (κ1) is 11.7. The van der Waals surface area contributed by atoms with Crippen LogP contribution in [0.4, 0.5) is 0 Å². The number of aliphatic hydroxyl groups excluding tert-OH is 1. The van der Waals surface area contributed by atoms with Crippen LogP contribution in [-0.4, -0.2) is 28.7 Å². The Bertz CT molecular complexity index is 490. The standard InChI is InChI=1S/C13H14O4/c1-7(6-14)12-4-9-3-11(16)10(8(2)15)5-13(9)17-12/h3,5,12,14,16H,1,4,6H2,2H3/t12-/m0/s1. The third-order valence-corrected chi connectivity index (χ3v) is 2.89. The second kappa shape index (κ2) is 4.22. The van der Waals surface area contributed by atoms with Crippen LogP contribution in [0.15, 0.2) is 24.3 Å². The van der Waals surface area contributed by atoms with Crippen LogP contribution in [0.2, 0.25) is 0 Å². The lowest BCUT2D eigenvalue weighted by atomic mass is 10.0. The Morgan fingerprint density at radius 2 is 2.29 bits per heavy atom. The molecular formula is C13H14O4. The molecule has 4 heteroatoms. The smallest absolute Gasteiger partial charge is 0.163 e. The lowest BCUT2D eigenvalue weighted by Crippen LogP contribution is -2.17. The van der Waals surface area contributed by atoms with Crippen molar-refractivity contribution < 1.29 is 19.7 Å². The normalized spacial score (nSPS) is 17.4. The summed E-state index contributed by atoms with van der Waals surface area (Å²) in [6.07, 6.45) is 0.275. The maximum absolute atomic E-state index is 11.3. The minimum Gasteiger partial charge on any atom is -0.507 e. The van der Waals surface area contributed by atoms with Gasteiger partial charge >= 0.3 is 0 Å². The second-order valence-corrected chi connectivity index (χ2v) is 4.16. The fourth-order valence-electron chi connectivity index (χ4n) is 1.89. The molecule has 4 nitrogen and oxygen atoms in total. The van der Waals surface area contributed by atoms with Gasteiger partial charge in [0.1, 0.15) is 17.6 Å². The summed E-state index contributed by atoms with van der Waals surface area (Å²) in [5.74, 6) is 0.334. The number of aliphatic hydroxyl groups is 1. The highest BCUT2D eigenvalue weighted by Crippen LogP contribution is 2.36. The molecule has 2 rings (SSSR count). The van der Waals surface area contributed by atoms with Gasteiger partial charge in [0.2, 0.25) is 0 Å². The fourth-order valence-corrected chi connectivity index (χ4v) is 1.89. The number of carbonyl (C=O) groups is 1. The van der Waals surface area contributed by atoms with Gasteiger partial charge in [0.15, 0.2) is 5.78 Å². The van der Waals surface area contributed by atoms with Crippen molar-refractivity contribution in [3.63, 3.8) is 0 Å². The molecule has 0 unspecified atom stereocenters. The van der Waals surface area contributed by atoms with E-state index < -0.39 is 0 Å². The molecule has 1 heterocycles. The Hall–Kier alpha value is -1.81. The van der Waals surface area contributed by atoms with E-state index >= 15 is 0 Å². The zero-order valence-corrected chi connectivity index (χ0v) is 9.56. The summed E-state index contributed by atoms with van der Waals surface area (Å²) >= 11 is 0. The van der Waals surface area contributed by atoms with E-state index in [2.05, 4.69) is 6.58 Å². The molecule has 1 aliphatic heterocycles. The summed E-state index contributed by atoms with van der Waals surface area (Å²) in [5, 5.41) is 18.7. The van der Waals surface area contributed by atoms with Crippen LogP contribution >= 0.6 is 0 Å². The van der Waals surface area contributed by atoms with Crippen molar-refractivity contribution in [2.24, 2.45) is 0 Å².